The summed E-state index contributed by atoms with van der Waals surface area (Å²) < 4.78 is 0. The van der Waals surface area contributed by atoms with Crippen molar-refractivity contribution in [3.05, 3.63) is 17.2 Å². The third-order valence-electron chi connectivity index (χ3n) is 3.40. The fourth-order valence-corrected chi connectivity index (χ4v) is 2.21. The predicted molar refractivity (Wildman–Crippen MR) is 79.1 cm³/mol. The topological polar surface area (TPSA) is 94.8 Å². The predicted octanol–water partition coefficient (Wildman–Crippen LogP) is 3.55. The molecule has 0 aliphatic rings. The zero-order valence-electron chi connectivity index (χ0n) is 12.5. The first kappa shape index (κ1) is 17.0. The van der Waals surface area contributed by atoms with E-state index in [1.54, 1.807) is 6.92 Å². The number of phenols is 3. The Morgan fingerprint density at radius 2 is 1.48 bits per heavy atom. The standard InChI is InChI=1S/C16H22O5/c1-3-5-6-7-8-11(18)15-13(20)9-12(19)14(16(15)21)10(17)4-2/h9,19-21H,3-8H2,1-2H3. The van der Waals surface area contributed by atoms with Gasteiger partial charge in [-0.15, -0.1) is 0 Å². The first-order valence-electron chi connectivity index (χ1n) is 7.28. The third-order valence-corrected chi connectivity index (χ3v) is 3.40. The van der Waals surface area contributed by atoms with Gasteiger partial charge in [-0.25, -0.2) is 0 Å². The van der Waals surface area contributed by atoms with Crippen molar-refractivity contribution in [3.63, 3.8) is 0 Å². The van der Waals surface area contributed by atoms with Crippen molar-refractivity contribution in [1.29, 1.82) is 0 Å². The molecule has 5 heteroatoms. The van der Waals surface area contributed by atoms with Gasteiger partial charge in [-0.2, -0.15) is 0 Å². The van der Waals surface area contributed by atoms with Crippen LogP contribution in [0.25, 0.3) is 0 Å². The Balaban J connectivity index is 3.06. The van der Waals surface area contributed by atoms with Crippen molar-refractivity contribution in [1.82, 2.24) is 0 Å². The van der Waals surface area contributed by atoms with Crippen LogP contribution in [-0.2, 0) is 0 Å². The number of aromatic hydroxyl groups is 3. The number of hydrogen-bond acceptors (Lipinski definition) is 5. The molecule has 3 N–H and O–H groups in total. The highest BCUT2D eigenvalue weighted by Gasteiger charge is 2.25. The second kappa shape index (κ2) is 7.67. The molecule has 0 radical (unpaired) electrons. The van der Waals surface area contributed by atoms with Gasteiger partial charge in [0.05, 0.1) is 0 Å². The van der Waals surface area contributed by atoms with Crippen LogP contribution in [0, 0.1) is 0 Å². The Hall–Kier alpha value is -2.04. The largest absolute Gasteiger partial charge is 0.507 e. The van der Waals surface area contributed by atoms with Crippen molar-refractivity contribution in [2.45, 2.75) is 52.4 Å². The summed E-state index contributed by atoms with van der Waals surface area (Å²) in [6.07, 6.45) is 3.87. The SMILES string of the molecule is CCCCCCC(=O)c1c(O)cc(O)c(C(=O)CC)c1O. The molecule has 0 amide bonds. The molecule has 1 aromatic carbocycles. The maximum atomic E-state index is 12.1. The van der Waals surface area contributed by atoms with Crippen molar-refractivity contribution in [2.75, 3.05) is 0 Å². The van der Waals surface area contributed by atoms with Gasteiger partial charge in [0.1, 0.15) is 28.4 Å². The quantitative estimate of drug-likeness (QED) is 0.503. The van der Waals surface area contributed by atoms with E-state index in [1.165, 1.54) is 0 Å². The van der Waals surface area contributed by atoms with E-state index in [1.807, 2.05) is 0 Å². The number of carbonyl (C=O) groups is 2. The number of ketones is 2. The average molecular weight is 294 g/mol. The molecule has 5 nitrogen and oxygen atoms in total. The molecule has 21 heavy (non-hydrogen) atoms. The van der Waals surface area contributed by atoms with Gasteiger partial charge in [0.2, 0.25) is 0 Å². The Morgan fingerprint density at radius 3 is 2.00 bits per heavy atom. The van der Waals surface area contributed by atoms with E-state index in [0.29, 0.717) is 6.42 Å². The maximum absolute atomic E-state index is 12.1. The smallest absolute Gasteiger partial charge is 0.170 e. The summed E-state index contributed by atoms with van der Waals surface area (Å²) in [5.41, 5.74) is -0.576. The molecule has 0 aliphatic heterocycles. The van der Waals surface area contributed by atoms with E-state index in [2.05, 4.69) is 6.92 Å². The molecule has 0 heterocycles. The van der Waals surface area contributed by atoms with Gasteiger partial charge in [-0.3, -0.25) is 9.59 Å². The molecular formula is C16H22O5. The summed E-state index contributed by atoms with van der Waals surface area (Å²) in [5, 5.41) is 29.5. The van der Waals surface area contributed by atoms with Crippen LogP contribution < -0.4 is 0 Å². The van der Waals surface area contributed by atoms with Gasteiger partial charge in [-0.1, -0.05) is 33.1 Å². The number of Topliss-reactive ketones (excluding diaryl/α,β-unsaturated/α-hetero) is 2. The molecule has 0 atom stereocenters. The molecule has 1 aromatic rings. The van der Waals surface area contributed by atoms with E-state index in [4.69, 9.17) is 0 Å². The average Bonchev–Trinajstić information content (AvgIpc) is 2.42. The number of rotatable bonds is 8. The molecule has 0 spiro atoms. The van der Waals surface area contributed by atoms with Gasteiger partial charge < -0.3 is 15.3 Å². The Morgan fingerprint density at radius 1 is 0.905 bits per heavy atom. The van der Waals surface area contributed by atoms with Gasteiger partial charge >= 0.3 is 0 Å². The summed E-state index contributed by atoms with van der Waals surface area (Å²) in [6.45, 7) is 3.64. The third kappa shape index (κ3) is 3.97. The van der Waals surface area contributed by atoms with Gasteiger partial charge in [0.25, 0.3) is 0 Å². The molecule has 0 bridgehead atoms. The van der Waals surface area contributed by atoms with E-state index in [0.717, 1.165) is 25.3 Å². The van der Waals surface area contributed by atoms with Crippen LogP contribution in [0.2, 0.25) is 0 Å². The summed E-state index contributed by atoms with van der Waals surface area (Å²) in [6, 6.07) is 0.932. The molecule has 116 valence electrons. The van der Waals surface area contributed by atoms with Crippen molar-refractivity contribution < 1.29 is 24.9 Å². The van der Waals surface area contributed by atoms with Gasteiger partial charge in [0.15, 0.2) is 11.6 Å². The Kier molecular flexibility index (Phi) is 6.21. The zero-order chi connectivity index (χ0) is 16.0. The summed E-state index contributed by atoms with van der Waals surface area (Å²) in [4.78, 5) is 23.8. The van der Waals surface area contributed by atoms with Crippen LogP contribution in [-0.4, -0.2) is 26.9 Å². The lowest BCUT2D eigenvalue weighted by molar-refractivity contribution is 0.0973. The number of phenolic OH excluding ortho intramolecular Hbond substituents is 3. The Labute approximate surface area is 124 Å². The van der Waals surface area contributed by atoms with Crippen LogP contribution in [0.3, 0.4) is 0 Å². The number of hydrogen-bond donors (Lipinski definition) is 3. The van der Waals surface area contributed by atoms with Gasteiger partial charge in [0, 0.05) is 18.9 Å². The lowest BCUT2D eigenvalue weighted by atomic mass is 9.96. The first-order chi connectivity index (χ1) is 9.93. The summed E-state index contributed by atoms with van der Waals surface area (Å²) in [5.74, 6) is -2.55. The highest BCUT2D eigenvalue weighted by atomic mass is 16.3. The molecule has 0 aliphatic carbocycles. The van der Waals surface area contributed by atoms with E-state index in [-0.39, 0.29) is 24.0 Å². The second-order valence-electron chi connectivity index (χ2n) is 5.02. The monoisotopic (exact) mass is 294 g/mol. The second-order valence-corrected chi connectivity index (χ2v) is 5.02. The minimum absolute atomic E-state index is 0.0794. The number of carbonyl (C=O) groups excluding carboxylic acids is 2. The van der Waals surface area contributed by atoms with E-state index >= 15 is 0 Å². The minimum atomic E-state index is -0.625. The lowest BCUT2D eigenvalue weighted by Crippen LogP contribution is -2.05. The van der Waals surface area contributed by atoms with Crippen LogP contribution in [0.1, 0.15) is 73.1 Å². The molecule has 1 rings (SSSR count). The highest BCUT2D eigenvalue weighted by molar-refractivity contribution is 6.08. The van der Waals surface area contributed by atoms with Crippen LogP contribution in [0.5, 0.6) is 17.2 Å². The first-order valence-corrected chi connectivity index (χ1v) is 7.28. The van der Waals surface area contributed by atoms with Crippen LogP contribution in [0.4, 0.5) is 0 Å². The maximum Gasteiger partial charge on any atom is 0.170 e. The zero-order valence-corrected chi connectivity index (χ0v) is 12.5. The van der Waals surface area contributed by atoms with Crippen molar-refractivity contribution in [2.24, 2.45) is 0 Å². The molecule has 0 aromatic heterocycles. The van der Waals surface area contributed by atoms with Gasteiger partial charge in [-0.05, 0) is 6.42 Å². The van der Waals surface area contributed by atoms with Crippen LogP contribution >= 0.6 is 0 Å². The normalized spacial score (nSPS) is 10.6. The van der Waals surface area contributed by atoms with Crippen LogP contribution in [0.15, 0.2) is 6.07 Å². The van der Waals surface area contributed by atoms with E-state index in [9.17, 15) is 24.9 Å². The molecule has 0 saturated carbocycles. The fourth-order valence-electron chi connectivity index (χ4n) is 2.21. The minimum Gasteiger partial charge on any atom is -0.507 e. The summed E-state index contributed by atoms with van der Waals surface area (Å²) >= 11 is 0. The highest BCUT2D eigenvalue weighted by Crippen LogP contribution is 2.38. The lowest BCUT2D eigenvalue weighted by Gasteiger charge is -2.12. The number of unbranched alkanes of at least 4 members (excludes halogenated alkanes) is 3. The molecular weight excluding hydrogens is 272 g/mol. The molecule has 0 saturated heterocycles. The molecule has 0 fully saturated rings. The van der Waals surface area contributed by atoms with Crippen molar-refractivity contribution >= 4 is 11.6 Å². The number of benzene rings is 1. The van der Waals surface area contributed by atoms with Crippen molar-refractivity contribution in [3.8, 4) is 17.2 Å². The Bertz CT molecular complexity index is 534. The molecule has 0 unspecified atom stereocenters. The summed E-state index contributed by atoms with van der Waals surface area (Å²) in [7, 11) is 0. The fraction of sp³-hybridized carbons (Fsp3) is 0.500. The van der Waals surface area contributed by atoms with E-state index < -0.39 is 28.8 Å².